The van der Waals surface area contributed by atoms with Crippen LogP contribution in [-0.2, 0) is 9.84 Å². The molecule has 0 radical (unpaired) electrons. The van der Waals surface area contributed by atoms with Gasteiger partial charge in [-0.25, -0.2) is 8.42 Å². The normalized spacial score (nSPS) is 12.0. The molecular formula is C12H19NO2S. The number of aryl methyl sites for hydroxylation is 1. The van der Waals surface area contributed by atoms with Crippen LogP contribution < -0.4 is 5.73 Å². The molecule has 0 fully saturated rings. The van der Waals surface area contributed by atoms with Crippen LogP contribution in [0.5, 0.6) is 0 Å². The lowest BCUT2D eigenvalue weighted by molar-refractivity contribution is 0.574. The highest BCUT2D eigenvalue weighted by Gasteiger charge is 2.17. The highest BCUT2D eigenvalue weighted by atomic mass is 32.2. The first kappa shape index (κ1) is 13.0. The van der Waals surface area contributed by atoms with Crippen LogP contribution in [0, 0.1) is 12.8 Å². The van der Waals surface area contributed by atoms with Crippen LogP contribution in [0.3, 0.4) is 0 Å². The summed E-state index contributed by atoms with van der Waals surface area (Å²) in [6, 6.07) is 5.07. The van der Waals surface area contributed by atoms with Gasteiger partial charge in [0.15, 0.2) is 9.84 Å². The van der Waals surface area contributed by atoms with Gasteiger partial charge in [-0.1, -0.05) is 19.9 Å². The van der Waals surface area contributed by atoms with E-state index in [1.165, 1.54) is 0 Å². The number of hydrogen-bond donors (Lipinski definition) is 1. The van der Waals surface area contributed by atoms with Crippen molar-refractivity contribution in [3.63, 3.8) is 0 Å². The van der Waals surface area contributed by atoms with E-state index in [0.717, 1.165) is 5.56 Å². The number of rotatable bonds is 4. The summed E-state index contributed by atoms with van der Waals surface area (Å²) in [6.45, 7) is 5.91. The standard InChI is InChI=1S/C12H19NO2S/c1-9(2)6-7-16(14,15)12-5-4-10(3)8-11(12)13/h4-5,8-9H,6-7,13H2,1-3H3. The maximum Gasteiger partial charge on any atom is 0.180 e. The number of sulfone groups is 1. The van der Waals surface area contributed by atoms with Gasteiger partial charge >= 0.3 is 0 Å². The summed E-state index contributed by atoms with van der Waals surface area (Å²) in [7, 11) is -3.23. The summed E-state index contributed by atoms with van der Waals surface area (Å²) < 4.78 is 24.0. The minimum absolute atomic E-state index is 0.165. The largest absolute Gasteiger partial charge is 0.398 e. The van der Waals surface area contributed by atoms with E-state index in [1.807, 2.05) is 20.8 Å². The molecule has 1 aromatic carbocycles. The van der Waals surface area contributed by atoms with Gasteiger partial charge < -0.3 is 5.73 Å². The summed E-state index contributed by atoms with van der Waals surface area (Å²) in [5.74, 6) is 0.541. The number of nitrogens with two attached hydrogens (primary N) is 1. The van der Waals surface area contributed by atoms with Gasteiger partial charge in [0.25, 0.3) is 0 Å². The molecule has 0 saturated carbocycles. The molecule has 1 rings (SSSR count). The van der Waals surface area contributed by atoms with Crippen LogP contribution in [0.25, 0.3) is 0 Å². The van der Waals surface area contributed by atoms with Gasteiger partial charge in [-0.15, -0.1) is 0 Å². The minimum Gasteiger partial charge on any atom is -0.398 e. The first-order chi connectivity index (χ1) is 7.33. The Labute approximate surface area is 97.6 Å². The van der Waals surface area contributed by atoms with Crippen molar-refractivity contribution in [3.8, 4) is 0 Å². The average molecular weight is 241 g/mol. The lowest BCUT2D eigenvalue weighted by atomic mass is 10.2. The zero-order valence-corrected chi connectivity index (χ0v) is 10.8. The van der Waals surface area contributed by atoms with Crippen LogP contribution in [0.15, 0.2) is 23.1 Å². The zero-order valence-electron chi connectivity index (χ0n) is 10.0. The highest BCUT2D eigenvalue weighted by Crippen LogP contribution is 2.22. The summed E-state index contributed by atoms with van der Waals surface area (Å²) >= 11 is 0. The quantitative estimate of drug-likeness (QED) is 0.823. The van der Waals surface area contributed by atoms with Gasteiger partial charge in [0.2, 0.25) is 0 Å². The lowest BCUT2D eigenvalue weighted by Gasteiger charge is -2.09. The van der Waals surface area contributed by atoms with Crippen molar-refractivity contribution in [1.82, 2.24) is 0 Å². The fraction of sp³-hybridized carbons (Fsp3) is 0.500. The van der Waals surface area contributed by atoms with Crippen molar-refractivity contribution >= 4 is 15.5 Å². The Morgan fingerprint density at radius 2 is 1.94 bits per heavy atom. The molecule has 0 unspecified atom stereocenters. The van der Waals surface area contributed by atoms with E-state index < -0.39 is 9.84 Å². The average Bonchev–Trinajstić information content (AvgIpc) is 2.14. The SMILES string of the molecule is Cc1ccc(S(=O)(=O)CCC(C)C)c(N)c1. The molecule has 0 spiro atoms. The third-order valence-corrected chi connectivity index (χ3v) is 4.28. The molecule has 1 aromatic rings. The van der Waals surface area contributed by atoms with Crippen LogP contribution in [0.4, 0.5) is 5.69 Å². The molecule has 0 heterocycles. The van der Waals surface area contributed by atoms with Crippen LogP contribution >= 0.6 is 0 Å². The first-order valence-corrected chi connectivity index (χ1v) is 7.07. The highest BCUT2D eigenvalue weighted by molar-refractivity contribution is 7.91. The molecular weight excluding hydrogens is 222 g/mol. The van der Waals surface area contributed by atoms with Crippen molar-refractivity contribution < 1.29 is 8.42 Å². The Balaban J connectivity index is 2.99. The van der Waals surface area contributed by atoms with E-state index in [9.17, 15) is 8.42 Å². The fourth-order valence-electron chi connectivity index (χ4n) is 1.45. The Hall–Kier alpha value is -1.03. The molecule has 0 aromatic heterocycles. The van der Waals surface area contributed by atoms with E-state index in [4.69, 9.17) is 5.73 Å². The fourth-order valence-corrected chi connectivity index (χ4v) is 3.15. The van der Waals surface area contributed by atoms with E-state index in [-0.39, 0.29) is 10.6 Å². The second-order valence-electron chi connectivity index (χ2n) is 4.54. The third-order valence-electron chi connectivity index (χ3n) is 2.46. The van der Waals surface area contributed by atoms with Gasteiger partial charge in [-0.05, 0) is 37.0 Å². The van der Waals surface area contributed by atoms with E-state index in [2.05, 4.69) is 0 Å². The number of hydrogen-bond acceptors (Lipinski definition) is 3. The maximum atomic E-state index is 12.0. The molecule has 0 aliphatic rings. The van der Waals surface area contributed by atoms with E-state index in [1.54, 1.807) is 18.2 Å². The molecule has 3 nitrogen and oxygen atoms in total. The van der Waals surface area contributed by atoms with E-state index >= 15 is 0 Å². The van der Waals surface area contributed by atoms with E-state index in [0.29, 0.717) is 18.0 Å². The summed E-state index contributed by atoms with van der Waals surface area (Å²) in [5.41, 5.74) is 7.06. The van der Waals surface area contributed by atoms with Crippen molar-refractivity contribution in [1.29, 1.82) is 0 Å². The van der Waals surface area contributed by atoms with Crippen molar-refractivity contribution in [2.75, 3.05) is 11.5 Å². The molecule has 0 bridgehead atoms. The topological polar surface area (TPSA) is 60.2 Å². The molecule has 0 aliphatic heterocycles. The second-order valence-corrected chi connectivity index (χ2v) is 6.62. The number of benzene rings is 1. The molecule has 0 aliphatic carbocycles. The molecule has 0 atom stereocenters. The van der Waals surface area contributed by atoms with Crippen molar-refractivity contribution in [2.45, 2.75) is 32.1 Å². The predicted octanol–water partition coefficient (Wildman–Crippen LogP) is 2.40. The Bertz CT molecular complexity index is 464. The third kappa shape index (κ3) is 3.23. The first-order valence-electron chi connectivity index (χ1n) is 5.42. The van der Waals surface area contributed by atoms with Crippen LogP contribution in [0.1, 0.15) is 25.8 Å². The van der Waals surface area contributed by atoms with Gasteiger partial charge in [0.1, 0.15) is 0 Å². The summed E-state index contributed by atoms with van der Waals surface area (Å²) in [4.78, 5) is 0.263. The predicted molar refractivity (Wildman–Crippen MR) is 67.1 cm³/mol. The van der Waals surface area contributed by atoms with Gasteiger partial charge in [-0.3, -0.25) is 0 Å². The lowest BCUT2D eigenvalue weighted by Crippen LogP contribution is -2.11. The molecule has 0 saturated heterocycles. The molecule has 90 valence electrons. The molecule has 16 heavy (non-hydrogen) atoms. The summed E-state index contributed by atoms with van der Waals surface area (Å²) in [6.07, 6.45) is 0.662. The number of nitrogen functional groups attached to an aromatic ring is 1. The zero-order chi connectivity index (χ0) is 12.3. The van der Waals surface area contributed by atoms with Crippen LogP contribution in [0.2, 0.25) is 0 Å². The maximum absolute atomic E-state index is 12.0. The minimum atomic E-state index is -3.23. The Morgan fingerprint density at radius 3 is 2.44 bits per heavy atom. The van der Waals surface area contributed by atoms with Gasteiger partial charge in [0, 0.05) is 0 Å². The monoisotopic (exact) mass is 241 g/mol. The molecule has 2 N–H and O–H groups in total. The number of anilines is 1. The smallest absolute Gasteiger partial charge is 0.180 e. The van der Waals surface area contributed by atoms with Crippen molar-refractivity contribution in [2.24, 2.45) is 5.92 Å². The molecule has 0 amide bonds. The summed E-state index contributed by atoms with van der Waals surface area (Å²) in [5, 5.41) is 0. The van der Waals surface area contributed by atoms with Crippen LogP contribution in [-0.4, -0.2) is 14.2 Å². The van der Waals surface area contributed by atoms with Gasteiger partial charge in [-0.2, -0.15) is 0 Å². The second kappa shape index (κ2) is 4.87. The van der Waals surface area contributed by atoms with Gasteiger partial charge in [0.05, 0.1) is 16.3 Å². The Morgan fingerprint density at radius 1 is 1.31 bits per heavy atom. The van der Waals surface area contributed by atoms with Crippen molar-refractivity contribution in [3.05, 3.63) is 23.8 Å². The molecule has 4 heteroatoms. The Kier molecular flexibility index (Phi) is 3.97.